The Morgan fingerprint density at radius 3 is 2.56 bits per heavy atom. The molecule has 0 aliphatic carbocycles. The molecule has 5 aromatic rings. The standard InChI is InChI=1S/C21H16BrN5O3S2/c1-2-30-15-7-5-14(6-8-15)23-19-18-17(11-12-31-18)27-20(24-19)21(25-26-27)32(28,29)16-9-3-13(22)4-10-16/h3-12H,2H2,1H3,(H,23,24). The number of fused-ring (bicyclic) bond motifs is 3. The molecule has 0 fully saturated rings. The van der Waals surface area contributed by atoms with Gasteiger partial charge in [-0.05, 0) is 66.9 Å². The average Bonchev–Trinajstić information content (AvgIpc) is 3.43. The summed E-state index contributed by atoms with van der Waals surface area (Å²) in [6, 6.07) is 15.7. The Balaban J connectivity index is 1.63. The molecule has 5 rings (SSSR count). The van der Waals surface area contributed by atoms with E-state index in [2.05, 4.69) is 36.5 Å². The molecule has 0 unspecified atom stereocenters. The van der Waals surface area contributed by atoms with Gasteiger partial charge in [-0.15, -0.1) is 16.4 Å². The number of rotatable bonds is 6. The van der Waals surface area contributed by atoms with Gasteiger partial charge in [0, 0.05) is 10.2 Å². The van der Waals surface area contributed by atoms with Gasteiger partial charge in [0.15, 0.2) is 11.5 Å². The molecule has 0 aliphatic heterocycles. The Labute approximate surface area is 195 Å². The van der Waals surface area contributed by atoms with E-state index in [0.29, 0.717) is 12.4 Å². The molecular weight excluding hydrogens is 514 g/mol. The lowest BCUT2D eigenvalue weighted by atomic mass is 10.3. The first-order valence-electron chi connectivity index (χ1n) is 9.60. The highest BCUT2D eigenvalue weighted by Crippen LogP contribution is 2.33. The van der Waals surface area contributed by atoms with Gasteiger partial charge in [0.2, 0.25) is 14.9 Å². The summed E-state index contributed by atoms with van der Waals surface area (Å²) in [5, 5.41) is 13.1. The van der Waals surface area contributed by atoms with Crippen LogP contribution in [-0.4, -0.2) is 34.8 Å². The molecule has 3 aromatic heterocycles. The Bertz CT molecular complexity index is 1530. The summed E-state index contributed by atoms with van der Waals surface area (Å²) >= 11 is 4.80. The van der Waals surface area contributed by atoms with Gasteiger partial charge < -0.3 is 10.1 Å². The molecule has 2 aromatic carbocycles. The van der Waals surface area contributed by atoms with Crippen molar-refractivity contribution in [2.75, 3.05) is 11.9 Å². The van der Waals surface area contributed by atoms with Crippen LogP contribution < -0.4 is 10.1 Å². The highest BCUT2D eigenvalue weighted by atomic mass is 79.9. The molecule has 0 saturated carbocycles. The summed E-state index contributed by atoms with van der Waals surface area (Å²) in [7, 11) is -3.91. The second-order valence-corrected chi connectivity index (χ2v) is 10.5. The van der Waals surface area contributed by atoms with Gasteiger partial charge in [0.05, 0.1) is 21.7 Å². The largest absolute Gasteiger partial charge is 0.494 e. The summed E-state index contributed by atoms with van der Waals surface area (Å²) in [4.78, 5) is 4.74. The number of nitrogens with one attached hydrogen (secondary N) is 1. The molecule has 0 saturated heterocycles. The Kier molecular flexibility index (Phi) is 5.31. The molecular formula is C21H16BrN5O3S2. The third kappa shape index (κ3) is 3.61. The van der Waals surface area contributed by atoms with Crippen LogP contribution in [0.2, 0.25) is 0 Å². The molecule has 0 bridgehead atoms. The Morgan fingerprint density at radius 2 is 1.84 bits per heavy atom. The van der Waals surface area contributed by atoms with Crippen LogP contribution in [0.3, 0.4) is 0 Å². The predicted octanol–water partition coefficient (Wildman–Crippen LogP) is 5.08. The van der Waals surface area contributed by atoms with Crippen molar-refractivity contribution < 1.29 is 13.2 Å². The fourth-order valence-electron chi connectivity index (χ4n) is 3.25. The lowest BCUT2D eigenvalue weighted by Crippen LogP contribution is -2.05. The topological polar surface area (TPSA) is 98.5 Å². The third-order valence-electron chi connectivity index (χ3n) is 4.73. The number of sulfone groups is 1. The van der Waals surface area contributed by atoms with Gasteiger partial charge in [-0.2, -0.15) is 4.52 Å². The van der Waals surface area contributed by atoms with Crippen molar-refractivity contribution in [3.63, 3.8) is 0 Å². The van der Waals surface area contributed by atoms with Crippen LogP contribution in [0.25, 0.3) is 15.9 Å². The number of anilines is 2. The van der Waals surface area contributed by atoms with Crippen molar-refractivity contribution in [3.05, 3.63) is 64.5 Å². The highest BCUT2D eigenvalue weighted by Gasteiger charge is 2.27. The van der Waals surface area contributed by atoms with E-state index in [9.17, 15) is 8.42 Å². The van der Waals surface area contributed by atoms with Gasteiger partial charge in [0.25, 0.3) is 0 Å². The predicted molar refractivity (Wildman–Crippen MR) is 127 cm³/mol. The van der Waals surface area contributed by atoms with Crippen molar-refractivity contribution >= 4 is 64.5 Å². The molecule has 11 heteroatoms. The molecule has 0 aliphatic rings. The zero-order valence-corrected chi connectivity index (χ0v) is 19.9. The minimum atomic E-state index is -3.91. The number of aromatic nitrogens is 4. The lowest BCUT2D eigenvalue weighted by molar-refractivity contribution is 0.340. The maximum Gasteiger partial charge on any atom is 0.229 e. The van der Waals surface area contributed by atoms with Gasteiger partial charge in [-0.3, -0.25) is 0 Å². The molecule has 0 spiro atoms. The van der Waals surface area contributed by atoms with Crippen LogP contribution in [0.1, 0.15) is 6.92 Å². The second kappa shape index (κ2) is 8.15. The monoisotopic (exact) mass is 529 g/mol. The maximum atomic E-state index is 13.3. The van der Waals surface area contributed by atoms with E-state index < -0.39 is 9.84 Å². The normalized spacial score (nSPS) is 11.8. The van der Waals surface area contributed by atoms with E-state index in [1.165, 1.54) is 28.0 Å². The molecule has 0 radical (unpaired) electrons. The first-order valence-corrected chi connectivity index (χ1v) is 12.8. The molecule has 3 heterocycles. The summed E-state index contributed by atoms with van der Waals surface area (Å²) in [6.07, 6.45) is 0. The van der Waals surface area contributed by atoms with Crippen LogP contribution >= 0.6 is 27.3 Å². The Morgan fingerprint density at radius 1 is 1.09 bits per heavy atom. The fourth-order valence-corrected chi connectivity index (χ4v) is 5.56. The number of hydrogen-bond donors (Lipinski definition) is 1. The van der Waals surface area contributed by atoms with Crippen molar-refractivity contribution in [3.8, 4) is 5.75 Å². The molecule has 32 heavy (non-hydrogen) atoms. The molecule has 0 atom stereocenters. The molecule has 0 amide bonds. The van der Waals surface area contributed by atoms with E-state index in [1.807, 2.05) is 42.6 Å². The number of ether oxygens (including phenoxy) is 1. The van der Waals surface area contributed by atoms with Gasteiger partial charge in [-0.25, -0.2) is 13.4 Å². The van der Waals surface area contributed by atoms with Crippen LogP contribution in [0, 0.1) is 0 Å². The third-order valence-corrected chi connectivity index (χ3v) is 7.83. The lowest BCUT2D eigenvalue weighted by Gasteiger charge is -2.09. The van der Waals surface area contributed by atoms with Gasteiger partial charge >= 0.3 is 0 Å². The summed E-state index contributed by atoms with van der Waals surface area (Å²) in [5.41, 5.74) is 1.68. The van der Waals surface area contributed by atoms with E-state index in [1.54, 1.807) is 12.1 Å². The summed E-state index contributed by atoms with van der Waals surface area (Å²) < 4.78 is 35.1. The van der Waals surface area contributed by atoms with E-state index in [-0.39, 0.29) is 15.6 Å². The van der Waals surface area contributed by atoms with Crippen LogP contribution in [0.5, 0.6) is 5.75 Å². The minimum absolute atomic E-state index is 0.122. The summed E-state index contributed by atoms with van der Waals surface area (Å²) in [6.45, 7) is 2.52. The second-order valence-electron chi connectivity index (χ2n) is 6.77. The van der Waals surface area contributed by atoms with Crippen LogP contribution in [-0.2, 0) is 9.84 Å². The maximum absolute atomic E-state index is 13.3. The van der Waals surface area contributed by atoms with Crippen molar-refractivity contribution in [1.82, 2.24) is 19.8 Å². The zero-order valence-electron chi connectivity index (χ0n) is 16.7. The molecule has 1 N–H and O–H groups in total. The van der Waals surface area contributed by atoms with Gasteiger partial charge in [-0.1, -0.05) is 21.1 Å². The van der Waals surface area contributed by atoms with Crippen LogP contribution in [0.15, 0.2) is 74.4 Å². The smallest absolute Gasteiger partial charge is 0.229 e. The van der Waals surface area contributed by atoms with E-state index in [0.717, 1.165) is 26.1 Å². The number of hydrogen-bond acceptors (Lipinski definition) is 8. The van der Waals surface area contributed by atoms with Crippen molar-refractivity contribution in [2.24, 2.45) is 0 Å². The van der Waals surface area contributed by atoms with Crippen molar-refractivity contribution in [2.45, 2.75) is 16.8 Å². The minimum Gasteiger partial charge on any atom is -0.494 e. The van der Waals surface area contributed by atoms with Gasteiger partial charge in [0.1, 0.15) is 5.75 Å². The number of halogens is 1. The highest BCUT2D eigenvalue weighted by molar-refractivity contribution is 9.10. The Hall–Kier alpha value is -3.02. The number of thiophene rings is 1. The summed E-state index contributed by atoms with van der Waals surface area (Å²) in [5.74, 6) is 1.30. The average molecular weight is 530 g/mol. The fraction of sp³-hybridized carbons (Fsp3) is 0.0952. The van der Waals surface area contributed by atoms with Crippen LogP contribution in [0.4, 0.5) is 11.5 Å². The quantitative estimate of drug-likeness (QED) is 0.327. The zero-order chi connectivity index (χ0) is 22.3. The SMILES string of the molecule is CCOc1ccc(Nc2nc3c(S(=O)(=O)c4ccc(Br)cc4)nnn3c3ccsc23)cc1. The molecule has 8 nitrogen and oxygen atoms in total. The van der Waals surface area contributed by atoms with E-state index in [4.69, 9.17) is 4.74 Å². The number of benzene rings is 2. The first kappa shape index (κ1) is 20.9. The number of nitrogens with zero attached hydrogens (tertiary/aromatic N) is 4. The van der Waals surface area contributed by atoms with E-state index >= 15 is 0 Å². The molecule has 162 valence electrons. The first-order chi connectivity index (χ1) is 15.5. The van der Waals surface area contributed by atoms with Crippen molar-refractivity contribution in [1.29, 1.82) is 0 Å².